The monoisotopic (exact) mass is 309 g/mol. The van der Waals surface area contributed by atoms with E-state index in [1.807, 2.05) is 0 Å². The van der Waals surface area contributed by atoms with Gasteiger partial charge in [-0.05, 0) is 25.3 Å². The predicted molar refractivity (Wildman–Crippen MR) is 93.5 cm³/mol. The molecular formula is C18H19N3S. The average Bonchev–Trinajstić information content (AvgIpc) is 3.18. The summed E-state index contributed by atoms with van der Waals surface area (Å²) in [6.45, 7) is 2.12. The van der Waals surface area contributed by atoms with Crippen molar-refractivity contribution >= 4 is 27.4 Å². The number of fused-ring (bicyclic) bond motifs is 1. The van der Waals surface area contributed by atoms with Gasteiger partial charge < -0.3 is 5.32 Å². The Morgan fingerprint density at radius 2 is 1.86 bits per heavy atom. The molecule has 1 fully saturated rings. The standard InChI is InChI=1S/C18H19N3S/c1-12-6-8-13(9-7-12)15-10-22-18-16(15)17(19-11-20-18)21-14-4-2-3-5-14/h6-11,14H,2-5H2,1H3,(H,19,20,21). The van der Waals surface area contributed by atoms with Crippen LogP contribution in [-0.4, -0.2) is 16.0 Å². The highest BCUT2D eigenvalue weighted by molar-refractivity contribution is 7.17. The lowest BCUT2D eigenvalue weighted by Gasteiger charge is -2.14. The van der Waals surface area contributed by atoms with Crippen LogP contribution in [0.3, 0.4) is 0 Å². The van der Waals surface area contributed by atoms with Gasteiger partial charge in [0.2, 0.25) is 0 Å². The van der Waals surface area contributed by atoms with Crippen LogP contribution in [0.2, 0.25) is 0 Å². The molecule has 3 nitrogen and oxygen atoms in total. The first kappa shape index (κ1) is 13.7. The maximum atomic E-state index is 4.53. The molecule has 22 heavy (non-hydrogen) atoms. The van der Waals surface area contributed by atoms with Crippen molar-refractivity contribution in [3.05, 3.63) is 41.5 Å². The molecular weight excluding hydrogens is 290 g/mol. The van der Waals surface area contributed by atoms with Gasteiger partial charge >= 0.3 is 0 Å². The number of aromatic nitrogens is 2. The zero-order valence-corrected chi connectivity index (χ0v) is 13.5. The zero-order valence-electron chi connectivity index (χ0n) is 12.7. The number of benzene rings is 1. The average molecular weight is 309 g/mol. The van der Waals surface area contributed by atoms with Gasteiger partial charge in [0, 0.05) is 17.0 Å². The van der Waals surface area contributed by atoms with Gasteiger partial charge in [-0.15, -0.1) is 11.3 Å². The third-order valence-corrected chi connectivity index (χ3v) is 5.32. The maximum absolute atomic E-state index is 4.53. The molecule has 0 amide bonds. The Bertz CT molecular complexity index is 786. The maximum Gasteiger partial charge on any atom is 0.139 e. The smallest absolute Gasteiger partial charge is 0.139 e. The minimum Gasteiger partial charge on any atom is -0.367 e. The second kappa shape index (κ2) is 5.69. The Labute approximate surface area is 134 Å². The van der Waals surface area contributed by atoms with Crippen LogP contribution in [0.25, 0.3) is 21.3 Å². The summed E-state index contributed by atoms with van der Waals surface area (Å²) < 4.78 is 0. The minimum atomic E-state index is 0.559. The molecule has 0 unspecified atom stereocenters. The predicted octanol–water partition coefficient (Wildman–Crippen LogP) is 5.02. The van der Waals surface area contributed by atoms with Gasteiger partial charge in [0.05, 0.1) is 5.39 Å². The molecule has 112 valence electrons. The summed E-state index contributed by atoms with van der Waals surface area (Å²) in [4.78, 5) is 10.0. The molecule has 1 aliphatic rings. The van der Waals surface area contributed by atoms with Crippen molar-refractivity contribution in [2.24, 2.45) is 0 Å². The van der Waals surface area contributed by atoms with Crippen LogP contribution < -0.4 is 5.32 Å². The van der Waals surface area contributed by atoms with E-state index in [1.54, 1.807) is 17.7 Å². The van der Waals surface area contributed by atoms with Gasteiger partial charge in [-0.25, -0.2) is 9.97 Å². The van der Waals surface area contributed by atoms with Gasteiger partial charge in [0.1, 0.15) is 17.0 Å². The van der Waals surface area contributed by atoms with Crippen molar-refractivity contribution in [3.63, 3.8) is 0 Å². The van der Waals surface area contributed by atoms with E-state index in [1.165, 1.54) is 47.8 Å². The molecule has 4 rings (SSSR count). The molecule has 1 aromatic carbocycles. The number of nitrogens with one attached hydrogen (secondary N) is 1. The zero-order chi connectivity index (χ0) is 14.9. The number of thiophene rings is 1. The van der Waals surface area contributed by atoms with E-state index < -0.39 is 0 Å². The summed E-state index contributed by atoms with van der Waals surface area (Å²) in [6.07, 6.45) is 6.81. The molecule has 0 bridgehead atoms. The summed E-state index contributed by atoms with van der Waals surface area (Å²) in [7, 11) is 0. The van der Waals surface area contributed by atoms with Crippen molar-refractivity contribution in [1.29, 1.82) is 0 Å². The normalized spacial score (nSPS) is 15.5. The van der Waals surface area contributed by atoms with Crippen molar-refractivity contribution in [3.8, 4) is 11.1 Å². The summed E-state index contributed by atoms with van der Waals surface area (Å²) >= 11 is 1.69. The van der Waals surface area contributed by atoms with E-state index in [2.05, 4.69) is 51.9 Å². The van der Waals surface area contributed by atoms with E-state index in [-0.39, 0.29) is 0 Å². The number of hydrogen-bond acceptors (Lipinski definition) is 4. The van der Waals surface area contributed by atoms with Crippen LogP contribution in [-0.2, 0) is 0 Å². The molecule has 1 aliphatic carbocycles. The molecule has 3 aromatic rings. The summed E-state index contributed by atoms with van der Waals surface area (Å²) in [5.41, 5.74) is 3.76. The third-order valence-electron chi connectivity index (χ3n) is 4.43. The van der Waals surface area contributed by atoms with Crippen LogP contribution >= 0.6 is 11.3 Å². The summed E-state index contributed by atoms with van der Waals surface area (Å²) in [5.74, 6) is 0.994. The van der Waals surface area contributed by atoms with E-state index in [0.29, 0.717) is 6.04 Å². The highest BCUT2D eigenvalue weighted by Crippen LogP contribution is 2.37. The van der Waals surface area contributed by atoms with Gasteiger partial charge in [-0.1, -0.05) is 42.7 Å². The first-order valence-electron chi connectivity index (χ1n) is 7.87. The van der Waals surface area contributed by atoms with Gasteiger partial charge in [-0.3, -0.25) is 0 Å². The summed E-state index contributed by atoms with van der Waals surface area (Å²) in [6, 6.07) is 9.25. The van der Waals surface area contributed by atoms with Crippen LogP contribution in [0.5, 0.6) is 0 Å². The van der Waals surface area contributed by atoms with Gasteiger partial charge in [0.15, 0.2) is 0 Å². The lowest BCUT2D eigenvalue weighted by Crippen LogP contribution is -2.15. The fourth-order valence-corrected chi connectivity index (χ4v) is 4.11. The van der Waals surface area contributed by atoms with Crippen molar-refractivity contribution in [1.82, 2.24) is 9.97 Å². The van der Waals surface area contributed by atoms with E-state index in [0.717, 1.165) is 10.6 Å². The van der Waals surface area contributed by atoms with E-state index in [4.69, 9.17) is 0 Å². The second-order valence-corrected chi connectivity index (χ2v) is 6.90. The Kier molecular flexibility index (Phi) is 3.54. The number of anilines is 1. The van der Waals surface area contributed by atoms with Crippen molar-refractivity contribution in [2.45, 2.75) is 38.6 Å². The molecule has 1 N–H and O–H groups in total. The van der Waals surface area contributed by atoms with Gasteiger partial charge in [-0.2, -0.15) is 0 Å². The fourth-order valence-electron chi connectivity index (χ4n) is 3.19. The Morgan fingerprint density at radius 1 is 1.09 bits per heavy atom. The first-order chi connectivity index (χ1) is 10.8. The summed E-state index contributed by atoms with van der Waals surface area (Å²) in [5, 5.41) is 7.01. The molecule has 0 spiro atoms. The largest absolute Gasteiger partial charge is 0.367 e. The number of hydrogen-bond donors (Lipinski definition) is 1. The number of rotatable bonds is 3. The van der Waals surface area contributed by atoms with Crippen molar-refractivity contribution in [2.75, 3.05) is 5.32 Å². The second-order valence-electron chi connectivity index (χ2n) is 6.04. The molecule has 0 radical (unpaired) electrons. The van der Waals surface area contributed by atoms with Crippen LogP contribution in [0.1, 0.15) is 31.2 Å². The van der Waals surface area contributed by atoms with Crippen LogP contribution in [0.4, 0.5) is 5.82 Å². The molecule has 4 heteroatoms. The highest BCUT2D eigenvalue weighted by atomic mass is 32.1. The third kappa shape index (κ3) is 2.48. The molecule has 1 saturated carbocycles. The first-order valence-corrected chi connectivity index (χ1v) is 8.75. The Hall–Kier alpha value is -1.94. The van der Waals surface area contributed by atoms with Crippen molar-refractivity contribution < 1.29 is 0 Å². The minimum absolute atomic E-state index is 0.559. The van der Waals surface area contributed by atoms with Crippen LogP contribution in [0.15, 0.2) is 36.0 Å². The van der Waals surface area contributed by atoms with E-state index >= 15 is 0 Å². The Morgan fingerprint density at radius 3 is 2.64 bits per heavy atom. The molecule has 0 aliphatic heterocycles. The SMILES string of the molecule is Cc1ccc(-c2csc3ncnc(NC4CCCC4)c23)cc1. The number of aryl methyl sites for hydroxylation is 1. The highest BCUT2D eigenvalue weighted by Gasteiger charge is 2.18. The van der Waals surface area contributed by atoms with Crippen LogP contribution in [0, 0.1) is 6.92 Å². The molecule has 2 aromatic heterocycles. The Balaban J connectivity index is 1.80. The van der Waals surface area contributed by atoms with E-state index in [9.17, 15) is 0 Å². The molecule has 0 atom stereocenters. The molecule has 0 saturated heterocycles. The quantitative estimate of drug-likeness (QED) is 0.738. The fraction of sp³-hybridized carbons (Fsp3) is 0.333. The number of nitrogens with zero attached hydrogens (tertiary/aromatic N) is 2. The lowest BCUT2D eigenvalue weighted by atomic mass is 10.0. The molecule has 2 heterocycles. The topological polar surface area (TPSA) is 37.8 Å². The lowest BCUT2D eigenvalue weighted by molar-refractivity contribution is 0.751. The van der Waals surface area contributed by atoms with Gasteiger partial charge in [0.25, 0.3) is 0 Å².